The van der Waals surface area contributed by atoms with Crippen molar-refractivity contribution in [3.05, 3.63) is 41.8 Å². The maximum Gasteiger partial charge on any atom is 0.237 e. The van der Waals surface area contributed by atoms with Crippen molar-refractivity contribution in [2.45, 2.75) is 19.8 Å². The largest absolute Gasteiger partial charge is 0.251 e. The summed E-state index contributed by atoms with van der Waals surface area (Å²) in [7, 11) is -3.46. The lowest BCUT2D eigenvalue weighted by molar-refractivity contribution is 0.606. The first kappa shape index (κ1) is 15.4. The molecule has 0 aliphatic carbocycles. The summed E-state index contributed by atoms with van der Waals surface area (Å²) >= 11 is 0. The molecule has 0 fully saturated rings. The topological polar surface area (TPSA) is 72.0 Å². The zero-order chi connectivity index (χ0) is 15.6. The molecule has 0 aliphatic rings. The van der Waals surface area contributed by atoms with Crippen molar-refractivity contribution in [3.63, 3.8) is 0 Å². The van der Waals surface area contributed by atoms with E-state index in [-0.39, 0.29) is 17.7 Å². The average Bonchev–Trinajstić information content (AvgIpc) is 2.37. The fraction of sp³-hybridized carbons (Fsp3) is 0.286. The van der Waals surface area contributed by atoms with Crippen LogP contribution in [0.2, 0.25) is 0 Å². The number of hydrogen-bond acceptors (Lipinski definition) is 4. The van der Waals surface area contributed by atoms with Crippen LogP contribution in [-0.2, 0) is 10.0 Å². The Labute approximate surface area is 123 Å². The second-order valence-electron chi connectivity index (χ2n) is 5.04. The summed E-state index contributed by atoms with van der Waals surface area (Å²) in [4.78, 5) is 8.36. The van der Waals surface area contributed by atoms with Crippen molar-refractivity contribution in [2.24, 2.45) is 0 Å². The molecule has 0 aliphatic heterocycles. The number of aromatic nitrogens is 2. The lowest BCUT2D eigenvalue weighted by atomic mass is 10.1. The molecule has 0 radical (unpaired) electrons. The Morgan fingerprint density at radius 2 is 1.76 bits per heavy atom. The molecule has 1 aromatic heterocycles. The Morgan fingerprint density at radius 1 is 1.14 bits per heavy atom. The number of halogens is 1. The van der Waals surface area contributed by atoms with Crippen LogP contribution in [-0.4, -0.2) is 24.6 Å². The summed E-state index contributed by atoms with van der Waals surface area (Å²) in [5.74, 6) is -0.221. The van der Waals surface area contributed by atoms with Gasteiger partial charge in [-0.3, -0.25) is 4.72 Å². The predicted octanol–water partition coefficient (Wildman–Crippen LogP) is 2.78. The monoisotopic (exact) mass is 309 g/mol. The summed E-state index contributed by atoms with van der Waals surface area (Å²) < 4.78 is 37.9. The van der Waals surface area contributed by atoms with Crippen LogP contribution in [0.5, 0.6) is 0 Å². The van der Waals surface area contributed by atoms with Crippen LogP contribution in [0.3, 0.4) is 0 Å². The number of sulfonamides is 1. The highest BCUT2D eigenvalue weighted by Gasteiger charge is 2.12. The number of hydrogen-bond donors (Lipinski definition) is 1. The van der Waals surface area contributed by atoms with E-state index in [1.165, 1.54) is 12.1 Å². The zero-order valence-corrected chi connectivity index (χ0v) is 12.8. The van der Waals surface area contributed by atoms with E-state index in [1.807, 2.05) is 13.8 Å². The number of nitrogens with zero attached hydrogens (tertiary/aromatic N) is 2. The molecule has 5 nitrogen and oxygen atoms in total. The third kappa shape index (κ3) is 4.22. The molecule has 0 atom stereocenters. The van der Waals surface area contributed by atoms with Gasteiger partial charge in [-0.2, -0.15) is 0 Å². The summed E-state index contributed by atoms with van der Waals surface area (Å²) in [6.45, 7) is 3.89. The molecule has 0 spiro atoms. The van der Waals surface area contributed by atoms with Crippen LogP contribution in [0.25, 0.3) is 11.3 Å². The van der Waals surface area contributed by atoms with Crippen LogP contribution in [0.4, 0.5) is 10.3 Å². The Morgan fingerprint density at radius 3 is 2.29 bits per heavy atom. The van der Waals surface area contributed by atoms with Gasteiger partial charge in [0.2, 0.25) is 16.0 Å². The van der Waals surface area contributed by atoms with E-state index < -0.39 is 10.0 Å². The molecular formula is C14H16FN3O2S. The van der Waals surface area contributed by atoms with E-state index in [0.717, 1.165) is 6.26 Å². The van der Waals surface area contributed by atoms with Gasteiger partial charge >= 0.3 is 0 Å². The van der Waals surface area contributed by atoms with E-state index in [2.05, 4.69) is 14.7 Å². The van der Waals surface area contributed by atoms with E-state index >= 15 is 0 Å². The summed E-state index contributed by atoms with van der Waals surface area (Å²) in [6.07, 6.45) is 1.04. The Balaban J connectivity index is 2.52. The minimum absolute atomic E-state index is 0.0167. The molecule has 1 heterocycles. The fourth-order valence-corrected chi connectivity index (χ4v) is 2.16. The van der Waals surface area contributed by atoms with Crippen LogP contribution in [0.15, 0.2) is 30.3 Å². The lowest BCUT2D eigenvalue weighted by Crippen LogP contribution is -2.13. The van der Waals surface area contributed by atoms with Gasteiger partial charge in [0.05, 0.1) is 11.9 Å². The summed E-state index contributed by atoms with van der Waals surface area (Å²) in [5.41, 5.74) is 1.94. The quantitative estimate of drug-likeness (QED) is 0.942. The van der Waals surface area contributed by atoms with E-state index in [9.17, 15) is 12.8 Å². The first-order chi connectivity index (χ1) is 9.74. The van der Waals surface area contributed by atoms with Gasteiger partial charge in [0.25, 0.3) is 0 Å². The third-order valence-corrected chi connectivity index (χ3v) is 3.31. The lowest BCUT2D eigenvalue weighted by Gasteiger charge is -2.11. The summed E-state index contributed by atoms with van der Waals surface area (Å²) in [5, 5.41) is 0. The van der Waals surface area contributed by atoms with Gasteiger partial charge in [-0.25, -0.2) is 22.8 Å². The normalized spacial score (nSPS) is 11.7. The van der Waals surface area contributed by atoms with E-state index in [4.69, 9.17) is 0 Å². The molecule has 0 unspecified atom stereocenters. The molecule has 2 rings (SSSR count). The Kier molecular flexibility index (Phi) is 4.22. The fourth-order valence-electron chi connectivity index (χ4n) is 1.74. The minimum atomic E-state index is -3.46. The van der Waals surface area contributed by atoms with Crippen molar-refractivity contribution < 1.29 is 12.8 Å². The Bertz CT molecular complexity index is 743. The van der Waals surface area contributed by atoms with Gasteiger partial charge in [0.1, 0.15) is 5.82 Å². The van der Waals surface area contributed by atoms with Gasteiger partial charge in [0.15, 0.2) is 0 Å². The van der Waals surface area contributed by atoms with Crippen LogP contribution < -0.4 is 4.72 Å². The van der Waals surface area contributed by atoms with Crippen LogP contribution in [0.1, 0.15) is 25.5 Å². The Hall–Kier alpha value is -2.02. The van der Waals surface area contributed by atoms with Crippen LogP contribution >= 0.6 is 0 Å². The standard InChI is InChI=1S/C14H16FN3O2S/c1-9(2)12-8-13(10-4-6-11(15)7-5-10)17-14(16-12)18-21(3,19)20/h4-9H,1-3H3,(H,16,17,18). The molecule has 0 saturated heterocycles. The molecule has 7 heteroatoms. The maximum atomic E-state index is 13.0. The molecule has 1 aromatic carbocycles. The average molecular weight is 309 g/mol. The first-order valence-electron chi connectivity index (χ1n) is 6.37. The van der Waals surface area contributed by atoms with Crippen molar-refractivity contribution in [3.8, 4) is 11.3 Å². The second-order valence-corrected chi connectivity index (χ2v) is 6.79. The van der Waals surface area contributed by atoms with E-state index in [1.54, 1.807) is 18.2 Å². The van der Waals surface area contributed by atoms with Crippen LogP contribution in [0, 0.1) is 5.82 Å². The summed E-state index contributed by atoms with van der Waals surface area (Å²) in [6, 6.07) is 7.61. The highest BCUT2D eigenvalue weighted by molar-refractivity contribution is 7.91. The molecule has 0 bridgehead atoms. The zero-order valence-electron chi connectivity index (χ0n) is 12.0. The van der Waals surface area contributed by atoms with Gasteiger partial charge in [-0.05, 0) is 36.2 Å². The molecule has 1 N–H and O–H groups in total. The minimum Gasteiger partial charge on any atom is -0.251 e. The SMILES string of the molecule is CC(C)c1cc(-c2ccc(F)cc2)nc(NS(C)(=O)=O)n1. The molecule has 2 aromatic rings. The van der Waals surface area contributed by atoms with E-state index in [0.29, 0.717) is 17.0 Å². The van der Waals surface area contributed by atoms with Crippen molar-refractivity contribution in [1.82, 2.24) is 9.97 Å². The highest BCUT2D eigenvalue weighted by atomic mass is 32.2. The number of rotatable bonds is 4. The van der Waals surface area contributed by atoms with Gasteiger partial charge in [-0.1, -0.05) is 13.8 Å². The molecule has 0 amide bonds. The number of anilines is 1. The third-order valence-electron chi connectivity index (χ3n) is 2.75. The molecular weight excluding hydrogens is 293 g/mol. The van der Waals surface area contributed by atoms with Gasteiger partial charge < -0.3 is 0 Å². The molecule has 21 heavy (non-hydrogen) atoms. The highest BCUT2D eigenvalue weighted by Crippen LogP contribution is 2.23. The number of nitrogens with one attached hydrogen (secondary N) is 1. The van der Waals surface area contributed by atoms with Gasteiger partial charge in [-0.15, -0.1) is 0 Å². The maximum absolute atomic E-state index is 13.0. The van der Waals surface area contributed by atoms with Gasteiger partial charge in [0, 0.05) is 11.3 Å². The smallest absolute Gasteiger partial charge is 0.237 e. The first-order valence-corrected chi connectivity index (χ1v) is 8.26. The van der Waals surface area contributed by atoms with Crippen molar-refractivity contribution in [1.29, 1.82) is 0 Å². The molecule has 112 valence electrons. The molecule has 0 saturated carbocycles. The predicted molar refractivity (Wildman–Crippen MR) is 80.0 cm³/mol. The van der Waals surface area contributed by atoms with Crippen molar-refractivity contribution >= 4 is 16.0 Å². The van der Waals surface area contributed by atoms with Crippen molar-refractivity contribution in [2.75, 3.05) is 11.0 Å². The second kappa shape index (κ2) is 5.77. The number of benzene rings is 1.